The predicted molar refractivity (Wildman–Crippen MR) is 63.7 cm³/mol. The lowest BCUT2D eigenvalue weighted by molar-refractivity contribution is -0.286. The molecular weight excluding hydrogens is 272 g/mol. The molecule has 20 heavy (non-hydrogen) atoms. The Morgan fingerprint density at radius 1 is 1.40 bits per heavy atom. The second kappa shape index (κ2) is 4.59. The van der Waals surface area contributed by atoms with Gasteiger partial charge in [0.2, 0.25) is 0 Å². The van der Waals surface area contributed by atoms with Gasteiger partial charge in [-0.2, -0.15) is 0 Å². The van der Waals surface area contributed by atoms with Gasteiger partial charge < -0.3 is 14.6 Å². The Morgan fingerprint density at radius 2 is 2.15 bits per heavy atom. The molecular formula is C13H13F2NO4. The summed E-state index contributed by atoms with van der Waals surface area (Å²) in [5.74, 6) is -1.11. The number of hydrogen-bond acceptors (Lipinski definition) is 4. The van der Waals surface area contributed by atoms with Gasteiger partial charge in [0, 0.05) is 13.1 Å². The normalized spacial score (nSPS) is 24.0. The number of carbonyl (C=O) groups is 1. The summed E-state index contributed by atoms with van der Waals surface area (Å²) in [5.41, 5.74) is 0.788. The first-order valence-corrected chi connectivity index (χ1v) is 6.27. The second-order valence-electron chi connectivity index (χ2n) is 5.01. The molecule has 2 heterocycles. The van der Waals surface area contributed by atoms with Crippen LogP contribution in [0.25, 0.3) is 0 Å². The lowest BCUT2D eigenvalue weighted by Crippen LogP contribution is -2.26. The average molecular weight is 285 g/mol. The molecule has 0 aliphatic carbocycles. The molecule has 1 N–H and O–H groups in total. The van der Waals surface area contributed by atoms with Crippen molar-refractivity contribution in [1.82, 2.24) is 4.90 Å². The van der Waals surface area contributed by atoms with E-state index in [0.29, 0.717) is 26.1 Å². The molecule has 108 valence electrons. The highest BCUT2D eigenvalue weighted by molar-refractivity contribution is 5.70. The molecule has 3 rings (SSSR count). The summed E-state index contributed by atoms with van der Waals surface area (Å²) in [6.07, 6.45) is -3.00. The topological polar surface area (TPSA) is 59.0 Å². The van der Waals surface area contributed by atoms with E-state index in [-0.39, 0.29) is 17.4 Å². The quantitative estimate of drug-likeness (QED) is 0.919. The molecule has 1 fully saturated rings. The molecule has 1 saturated heterocycles. The second-order valence-corrected chi connectivity index (χ2v) is 5.01. The molecule has 2 aliphatic heterocycles. The number of halogens is 2. The van der Waals surface area contributed by atoms with Crippen LogP contribution in [0.2, 0.25) is 0 Å². The van der Waals surface area contributed by atoms with E-state index in [2.05, 4.69) is 9.47 Å². The Hall–Kier alpha value is -1.89. The number of aliphatic carboxylic acids is 1. The Bertz CT molecular complexity index is 549. The van der Waals surface area contributed by atoms with Gasteiger partial charge in [0.15, 0.2) is 11.5 Å². The minimum Gasteiger partial charge on any atom is -0.481 e. The number of fused-ring (bicyclic) bond motifs is 1. The molecule has 0 spiro atoms. The van der Waals surface area contributed by atoms with Crippen molar-refractivity contribution in [1.29, 1.82) is 0 Å². The molecule has 1 aromatic carbocycles. The first-order chi connectivity index (χ1) is 9.43. The maximum atomic E-state index is 12.9. The minimum atomic E-state index is -3.61. The van der Waals surface area contributed by atoms with Crippen LogP contribution in [0, 0.1) is 5.92 Å². The third kappa shape index (κ3) is 2.53. The third-order valence-electron chi connectivity index (χ3n) is 3.49. The standard InChI is InChI=1S/C13H13F2NO4/c14-13(15)19-10-2-1-8(5-11(10)20-13)6-16-4-3-9(7-16)12(17)18/h1-2,5,9H,3-4,6-7H2,(H,17,18). The number of carboxylic acid groups (broad SMARTS) is 1. The van der Waals surface area contributed by atoms with Crippen molar-refractivity contribution < 1.29 is 28.2 Å². The Labute approximate surface area is 113 Å². The van der Waals surface area contributed by atoms with Gasteiger partial charge in [-0.25, -0.2) is 0 Å². The summed E-state index contributed by atoms with van der Waals surface area (Å²) in [6.45, 7) is 1.66. The summed E-state index contributed by atoms with van der Waals surface area (Å²) in [6, 6.07) is 4.62. The predicted octanol–water partition coefficient (Wildman–Crippen LogP) is 1.91. The van der Waals surface area contributed by atoms with Crippen LogP contribution in [0.5, 0.6) is 11.5 Å². The molecule has 1 unspecified atom stereocenters. The van der Waals surface area contributed by atoms with Crippen LogP contribution in [0.15, 0.2) is 18.2 Å². The highest BCUT2D eigenvalue weighted by Gasteiger charge is 2.43. The summed E-state index contributed by atoms with van der Waals surface area (Å²) < 4.78 is 34.5. The van der Waals surface area contributed by atoms with E-state index in [1.165, 1.54) is 12.1 Å². The largest absolute Gasteiger partial charge is 0.586 e. The maximum absolute atomic E-state index is 12.9. The van der Waals surface area contributed by atoms with Gasteiger partial charge in [-0.3, -0.25) is 9.69 Å². The number of likely N-dealkylation sites (tertiary alicyclic amines) is 1. The lowest BCUT2D eigenvalue weighted by Gasteiger charge is -2.15. The molecule has 7 heteroatoms. The van der Waals surface area contributed by atoms with Gasteiger partial charge in [-0.05, 0) is 30.7 Å². The van der Waals surface area contributed by atoms with Gasteiger partial charge in [0.1, 0.15) is 0 Å². The summed E-state index contributed by atoms with van der Waals surface area (Å²) in [7, 11) is 0. The fraction of sp³-hybridized carbons (Fsp3) is 0.462. The molecule has 0 saturated carbocycles. The van der Waals surface area contributed by atoms with Crippen molar-refractivity contribution >= 4 is 5.97 Å². The van der Waals surface area contributed by atoms with E-state index in [1.54, 1.807) is 6.07 Å². The van der Waals surface area contributed by atoms with Crippen LogP contribution in [0.3, 0.4) is 0 Å². The Kier molecular flexibility index (Phi) is 3.01. The fourth-order valence-corrected chi connectivity index (χ4v) is 2.53. The molecule has 1 atom stereocenters. The Morgan fingerprint density at radius 3 is 2.85 bits per heavy atom. The van der Waals surface area contributed by atoms with E-state index in [1.807, 2.05) is 4.90 Å². The maximum Gasteiger partial charge on any atom is 0.586 e. The fourth-order valence-electron chi connectivity index (χ4n) is 2.53. The zero-order valence-corrected chi connectivity index (χ0v) is 10.5. The zero-order chi connectivity index (χ0) is 14.3. The number of benzene rings is 1. The monoisotopic (exact) mass is 285 g/mol. The first-order valence-electron chi connectivity index (χ1n) is 6.27. The van der Waals surface area contributed by atoms with Gasteiger partial charge in [0.05, 0.1) is 5.92 Å². The van der Waals surface area contributed by atoms with E-state index in [0.717, 1.165) is 5.56 Å². The molecule has 0 aromatic heterocycles. The van der Waals surface area contributed by atoms with Crippen molar-refractivity contribution in [2.75, 3.05) is 13.1 Å². The van der Waals surface area contributed by atoms with Crippen molar-refractivity contribution in [3.63, 3.8) is 0 Å². The molecule has 1 aromatic rings. The van der Waals surface area contributed by atoms with Crippen molar-refractivity contribution in [2.24, 2.45) is 5.92 Å². The number of nitrogens with zero attached hydrogens (tertiary/aromatic N) is 1. The van der Waals surface area contributed by atoms with Crippen LogP contribution in [0.1, 0.15) is 12.0 Å². The first kappa shape index (κ1) is 13.1. The number of rotatable bonds is 3. The van der Waals surface area contributed by atoms with Gasteiger partial charge in [0.25, 0.3) is 0 Å². The van der Waals surface area contributed by atoms with Gasteiger partial charge in [-0.15, -0.1) is 8.78 Å². The molecule has 5 nitrogen and oxygen atoms in total. The minimum absolute atomic E-state index is 0.0153. The number of ether oxygens (including phenoxy) is 2. The summed E-state index contributed by atoms with van der Waals surface area (Å²) in [5, 5.41) is 8.94. The van der Waals surface area contributed by atoms with Crippen LogP contribution < -0.4 is 9.47 Å². The van der Waals surface area contributed by atoms with E-state index in [4.69, 9.17) is 5.11 Å². The molecule has 0 amide bonds. The smallest absolute Gasteiger partial charge is 0.481 e. The average Bonchev–Trinajstić information content (AvgIpc) is 2.91. The lowest BCUT2D eigenvalue weighted by atomic mass is 10.1. The zero-order valence-electron chi connectivity index (χ0n) is 10.5. The number of carboxylic acids is 1. The molecule has 0 bridgehead atoms. The Balaban J connectivity index is 1.67. The number of hydrogen-bond donors (Lipinski definition) is 1. The van der Waals surface area contributed by atoms with E-state index < -0.39 is 12.3 Å². The van der Waals surface area contributed by atoms with Crippen molar-refractivity contribution in [2.45, 2.75) is 19.3 Å². The number of alkyl halides is 2. The molecule has 0 radical (unpaired) electrons. The molecule has 2 aliphatic rings. The van der Waals surface area contributed by atoms with Gasteiger partial charge in [-0.1, -0.05) is 6.07 Å². The van der Waals surface area contributed by atoms with Crippen molar-refractivity contribution in [3.8, 4) is 11.5 Å². The van der Waals surface area contributed by atoms with E-state index in [9.17, 15) is 13.6 Å². The summed E-state index contributed by atoms with van der Waals surface area (Å²) >= 11 is 0. The summed E-state index contributed by atoms with van der Waals surface area (Å²) in [4.78, 5) is 12.9. The highest BCUT2D eigenvalue weighted by atomic mass is 19.3. The third-order valence-corrected chi connectivity index (χ3v) is 3.49. The van der Waals surface area contributed by atoms with Crippen LogP contribution in [0.4, 0.5) is 8.78 Å². The van der Waals surface area contributed by atoms with Gasteiger partial charge >= 0.3 is 12.3 Å². The highest BCUT2D eigenvalue weighted by Crippen LogP contribution is 2.41. The van der Waals surface area contributed by atoms with Crippen LogP contribution in [-0.2, 0) is 11.3 Å². The van der Waals surface area contributed by atoms with E-state index >= 15 is 0 Å². The van der Waals surface area contributed by atoms with Crippen molar-refractivity contribution in [3.05, 3.63) is 23.8 Å². The SMILES string of the molecule is O=C(O)C1CCN(Cc2ccc3c(c2)OC(F)(F)O3)C1. The van der Waals surface area contributed by atoms with Crippen LogP contribution in [-0.4, -0.2) is 35.4 Å². The van der Waals surface area contributed by atoms with Crippen LogP contribution >= 0.6 is 0 Å².